The number of H-pyrrole nitrogens is 1. The van der Waals surface area contributed by atoms with Gasteiger partial charge >= 0.3 is 0 Å². The Kier molecular flexibility index (Phi) is 4.11. The lowest BCUT2D eigenvalue weighted by Gasteiger charge is -2.26. The minimum absolute atomic E-state index is 0.0628. The molecule has 1 aliphatic carbocycles. The molecule has 2 atom stereocenters. The van der Waals surface area contributed by atoms with Crippen molar-refractivity contribution in [2.45, 2.75) is 52.1 Å². The molecule has 3 nitrogen and oxygen atoms in total. The van der Waals surface area contributed by atoms with E-state index in [-0.39, 0.29) is 5.56 Å². The third-order valence-corrected chi connectivity index (χ3v) is 4.90. The van der Waals surface area contributed by atoms with Crippen molar-refractivity contribution in [1.29, 1.82) is 0 Å². The zero-order valence-electron chi connectivity index (χ0n) is 13.0. The summed E-state index contributed by atoms with van der Waals surface area (Å²) in [6, 6.07) is 8.95. The van der Waals surface area contributed by atoms with E-state index in [1.54, 1.807) is 0 Å². The zero-order chi connectivity index (χ0) is 14.8. The van der Waals surface area contributed by atoms with Gasteiger partial charge in [0, 0.05) is 11.4 Å². The van der Waals surface area contributed by atoms with E-state index in [4.69, 9.17) is 0 Å². The second-order valence-corrected chi connectivity index (χ2v) is 6.58. The van der Waals surface area contributed by atoms with Crippen LogP contribution in [0.2, 0.25) is 0 Å². The monoisotopic (exact) mass is 285 g/mol. The predicted molar refractivity (Wildman–Crippen MR) is 86.4 cm³/mol. The standard InChI is InChI=1S/C18H24N2O/c1-12-7-8-14-10-15(18(21)20-17(14)9-12)11-19-16-6-4-3-5-13(16)2/h7-10,13,16,19H,3-6,11H2,1-2H3,(H,20,21)/p+1/t13-,16+/m1/s1. The molecule has 1 aliphatic rings. The molecule has 0 saturated heterocycles. The molecule has 0 bridgehead atoms. The molecule has 1 aromatic carbocycles. The third-order valence-electron chi connectivity index (χ3n) is 4.90. The molecule has 3 rings (SSSR count). The summed E-state index contributed by atoms with van der Waals surface area (Å²) in [4.78, 5) is 15.2. The number of rotatable bonds is 3. The fraction of sp³-hybridized carbons (Fsp3) is 0.500. The average Bonchev–Trinajstić information content (AvgIpc) is 2.46. The molecule has 21 heavy (non-hydrogen) atoms. The van der Waals surface area contributed by atoms with Crippen LogP contribution in [0.1, 0.15) is 43.7 Å². The molecule has 112 valence electrons. The molecule has 2 aromatic rings. The van der Waals surface area contributed by atoms with Crippen LogP contribution in [0.25, 0.3) is 10.9 Å². The van der Waals surface area contributed by atoms with E-state index in [0.29, 0.717) is 6.04 Å². The van der Waals surface area contributed by atoms with Crippen molar-refractivity contribution in [3.8, 4) is 0 Å². The molecule has 1 saturated carbocycles. The first kappa shape index (κ1) is 14.3. The highest BCUT2D eigenvalue weighted by Crippen LogP contribution is 2.21. The number of hydrogen-bond donors (Lipinski definition) is 2. The number of quaternary nitrogens is 1. The first-order valence-corrected chi connectivity index (χ1v) is 8.09. The molecule has 0 amide bonds. The number of aryl methyl sites for hydroxylation is 1. The van der Waals surface area contributed by atoms with Crippen LogP contribution in [-0.4, -0.2) is 11.0 Å². The number of aromatic amines is 1. The maximum Gasteiger partial charge on any atom is 0.257 e. The topological polar surface area (TPSA) is 49.5 Å². The fourth-order valence-electron chi connectivity index (χ4n) is 3.49. The van der Waals surface area contributed by atoms with E-state index in [1.807, 2.05) is 13.0 Å². The maximum atomic E-state index is 12.2. The van der Waals surface area contributed by atoms with Gasteiger partial charge in [-0.25, -0.2) is 0 Å². The van der Waals surface area contributed by atoms with Crippen LogP contribution < -0.4 is 10.9 Å². The van der Waals surface area contributed by atoms with Crippen LogP contribution in [0.3, 0.4) is 0 Å². The Labute approximate surface area is 125 Å². The van der Waals surface area contributed by atoms with Crippen LogP contribution in [0, 0.1) is 12.8 Å². The lowest BCUT2D eigenvalue weighted by atomic mass is 9.86. The zero-order valence-corrected chi connectivity index (χ0v) is 13.0. The molecule has 0 spiro atoms. The van der Waals surface area contributed by atoms with Gasteiger partial charge in [-0.1, -0.05) is 25.5 Å². The van der Waals surface area contributed by atoms with Gasteiger partial charge in [0.2, 0.25) is 0 Å². The minimum atomic E-state index is 0.0628. The molecule has 0 radical (unpaired) electrons. The Morgan fingerprint density at radius 1 is 1.24 bits per heavy atom. The molecule has 0 unspecified atom stereocenters. The summed E-state index contributed by atoms with van der Waals surface area (Å²) in [5, 5.41) is 3.49. The van der Waals surface area contributed by atoms with Crippen LogP contribution in [0.4, 0.5) is 0 Å². The number of fused-ring (bicyclic) bond motifs is 1. The second-order valence-electron chi connectivity index (χ2n) is 6.58. The number of pyridine rings is 1. The molecule has 3 heteroatoms. The molecule has 1 aromatic heterocycles. The van der Waals surface area contributed by atoms with E-state index in [1.165, 1.54) is 31.2 Å². The predicted octanol–water partition coefficient (Wildman–Crippen LogP) is 2.48. The largest absolute Gasteiger partial charge is 0.340 e. The van der Waals surface area contributed by atoms with Gasteiger partial charge in [0.05, 0.1) is 11.6 Å². The number of nitrogens with two attached hydrogens (primary N) is 1. The van der Waals surface area contributed by atoms with Crippen molar-refractivity contribution >= 4 is 10.9 Å². The molecule has 0 aliphatic heterocycles. The number of aromatic nitrogens is 1. The summed E-state index contributed by atoms with van der Waals surface area (Å²) in [6.07, 6.45) is 5.31. The van der Waals surface area contributed by atoms with E-state index in [9.17, 15) is 4.79 Å². The Morgan fingerprint density at radius 2 is 2.05 bits per heavy atom. The summed E-state index contributed by atoms with van der Waals surface area (Å²) in [6.45, 7) is 5.17. The van der Waals surface area contributed by atoms with Gasteiger partial charge in [0.15, 0.2) is 0 Å². The van der Waals surface area contributed by atoms with E-state index >= 15 is 0 Å². The molecular formula is C18H25N2O+. The van der Waals surface area contributed by atoms with Crippen LogP contribution in [-0.2, 0) is 6.54 Å². The van der Waals surface area contributed by atoms with Gasteiger partial charge < -0.3 is 10.3 Å². The quantitative estimate of drug-likeness (QED) is 0.894. The van der Waals surface area contributed by atoms with Gasteiger partial charge in [-0.2, -0.15) is 0 Å². The van der Waals surface area contributed by atoms with Crippen LogP contribution >= 0.6 is 0 Å². The van der Waals surface area contributed by atoms with Crippen molar-refractivity contribution in [1.82, 2.24) is 4.98 Å². The van der Waals surface area contributed by atoms with E-state index in [0.717, 1.165) is 28.9 Å². The van der Waals surface area contributed by atoms with Gasteiger partial charge in [0.25, 0.3) is 5.56 Å². The molecular weight excluding hydrogens is 260 g/mol. The van der Waals surface area contributed by atoms with Crippen molar-refractivity contribution < 1.29 is 5.32 Å². The lowest BCUT2D eigenvalue weighted by molar-refractivity contribution is -0.712. The van der Waals surface area contributed by atoms with E-state index < -0.39 is 0 Å². The highest BCUT2D eigenvalue weighted by Gasteiger charge is 2.24. The first-order chi connectivity index (χ1) is 10.1. The van der Waals surface area contributed by atoms with Gasteiger partial charge in [-0.3, -0.25) is 4.79 Å². The fourth-order valence-corrected chi connectivity index (χ4v) is 3.49. The molecule has 1 fully saturated rings. The number of benzene rings is 1. The Bertz CT molecular complexity index is 689. The van der Waals surface area contributed by atoms with Crippen molar-refractivity contribution in [2.24, 2.45) is 5.92 Å². The Balaban J connectivity index is 1.79. The van der Waals surface area contributed by atoms with Crippen LogP contribution in [0.15, 0.2) is 29.1 Å². The Morgan fingerprint density at radius 3 is 2.86 bits per heavy atom. The Hall–Kier alpha value is -1.61. The van der Waals surface area contributed by atoms with Gasteiger partial charge in [-0.15, -0.1) is 0 Å². The molecule has 3 N–H and O–H groups in total. The van der Waals surface area contributed by atoms with Crippen LogP contribution in [0.5, 0.6) is 0 Å². The van der Waals surface area contributed by atoms with Gasteiger partial charge in [-0.05, 0) is 49.3 Å². The number of hydrogen-bond acceptors (Lipinski definition) is 1. The smallest absolute Gasteiger partial charge is 0.257 e. The SMILES string of the molecule is Cc1ccc2cc(C[NH2+][C@H]3CCCC[C@H]3C)c(=O)[nH]c2c1. The summed E-state index contributed by atoms with van der Waals surface area (Å²) < 4.78 is 0. The van der Waals surface area contributed by atoms with Gasteiger partial charge in [0.1, 0.15) is 6.54 Å². The maximum absolute atomic E-state index is 12.2. The number of nitrogens with one attached hydrogen (secondary N) is 1. The van der Waals surface area contributed by atoms with E-state index in [2.05, 4.69) is 35.4 Å². The summed E-state index contributed by atoms with van der Waals surface area (Å²) in [5.74, 6) is 0.765. The van der Waals surface area contributed by atoms with Crippen molar-refractivity contribution in [3.63, 3.8) is 0 Å². The molecule has 1 heterocycles. The second kappa shape index (κ2) is 6.02. The van der Waals surface area contributed by atoms with Crippen molar-refractivity contribution in [3.05, 3.63) is 45.7 Å². The summed E-state index contributed by atoms with van der Waals surface area (Å²) >= 11 is 0. The minimum Gasteiger partial charge on any atom is -0.340 e. The lowest BCUT2D eigenvalue weighted by Crippen LogP contribution is -2.90. The normalized spacial score (nSPS) is 22.6. The third kappa shape index (κ3) is 3.18. The first-order valence-electron chi connectivity index (χ1n) is 8.09. The summed E-state index contributed by atoms with van der Waals surface area (Å²) in [5.41, 5.74) is 3.07. The van der Waals surface area contributed by atoms with Crippen molar-refractivity contribution in [2.75, 3.05) is 0 Å². The average molecular weight is 285 g/mol. The highest BCUT2D eigenvalue weighted by molar-refractivity contribution is 5.79. The summed E-state index contributed by atoms with van der Waals surface area (Å²) in [7, 11) is 0. The highest BCUT2D eigenvalue weighted by atomic mass is 16.1.